The Kier molecular flexibility index (Phi) is 5.31. The van der Waals surface area contributed by atoms with Crippen LogP contribution < -0.4 is 4.90 Å². The molecule has 1 heterocycles. The van der Waals surface area contributed by atoms with Gasteiger partial charge in [0.15, 0.2) is 6.23 Å². The summed E-state index contributed by atoms with van der Waals surface area (Å²) in [6, 6.07) is 16.6. The molecule has 3 nitrogen and oxygen atoms in total. The topological polar surface area (TPSA) is 29.5 Å². The summed E-state index contributed by atoms with van der Waals surface area (Å²) in [5.41, 5.74) is 4.53. The first-order valence-corrected chi connectivity index (χ1v) is 8.84. The average Bonchev–Trinajstić information content (AvgIpc) is 3.02. The van der Waals surface area contributed by atoms with Crippen LogP contribution in [-0.2, 0) is 22.4 Å². The number of rotatable bonds is 6. The van der Waals surface area contributed by atoms with Gasteiger partial charge in [-0.15, -0.1) is 0 Å². The molecule has 2 aromatic carbocycles. The van der Waals surface area contributed by atoms with Crippen LogP contribution in [0.15, 0.2) is 48.5 Å². The first kappa shape index (κ1) is 16.7. The van der Waals surface area contributed by atoms with Crippen LogP contribution in [-0.4, -0.2) is 12.5 Å². The van der Waals surface area contributed by atoms with Gasteiger partial charge in [0.1, 0.15) is 6.61 Å². The molecule has 24 heavy (non-hydrogen) atoms. The molecule has 126 valence electrons. The van der Waals surface area contributed by atoms with Crippen molar-refractivity contribution in [1.82, 2.24) is 0 Å². The second-order valence-electron chi connectivity index (χ2n) is 6.29. The van der Waals surface area contributed by atoms with Crippen LogP contribution in [0.1, 0.15) is 49.6 Å². The van der Waals surface area contributed by atoms with E-state index in [1.54, 1.807) is 4.90 Å². The smallest absolute Gasteiger partial charge is 0.255 e. The van der Waals surface area contributed by atoms with Crippen LogP contribution in [0, 0.1) is 0 Å². The number of ether oxygens (including phenoxy) is 1. The SMILES string of the molecule is CCCCc1ccc(N2C(=O)COC2c2ccc(CC)cc2)cc1. The zero-order chi connectivity index (χ0) is 16.9. The number of nitrogens with zero attached hydrogens (tertiary/aromatic N) is 1. The third-order valence-electron chi connectivity index (χ3n) is 4.57. The van der Waals surface area contributed by atoms with Crippen molar-refractivity contribution in [2.45, 2.75) is 45.8 Å². The molecule has 1 amide bonds. The Morgan fingerprint density at radius 3 is 2.29 bits per heavy atom. The van der Waals surface area contributed by atoms with Crippen LogP contribution in [0.3, 0.4) is 0 Å². The number of carbonyl (C=O) groups is 1. The third-order valence-corrected chi connectivity index (χ3v) is 4.57. The Bertz CT molecular complexity index is 676. The number of amides is 1. The summed E-state index contributed by atoms with van der Waals surface area (Å²) in [6.07, 6.45) is 4.15. The summed E-state index contributed by atoms with van der Waals surface area (Å²) >= 11 is 0. The Morgan fingerprint density at radius 1 is 1.00 bits per heavy atom. The van der Waals surface area contributed by atoms with Gasteiger partial charge in [-0.05, 0) is 42.5 Å². The zero-order valence-corrected chi connectivity index (χ0v) is 14.5. The summed E-state index contributed by atoms with van der Waals surface area (Å²) < 4.78 is 5.76. The minimum absolute atomic E-state index is 0.0147. The maximum atomic E-state index is 12.3. The van der Waals surface area contributed by atoms with Crippen LogP contribution >= 0.6 is 0 Å². The molecule has 1 aliphatic heterocycles. The highest BCUT2D eigenvalue weighted by molar-refractivity contribution is 5.96. The Labute approximate surface area is 144 Å². The van der Waals surface area contributed by atoms with E-state index in [2.05, 4.69) is 50.2 Å². The predicted molar refractivity (Wildman–Crippen MR) is 97.1 cm³/mol. The fourth-order valence-corrected chi connectivity index (χ4v) is 3.07. The van der Waals surface area contributed by atoms with E-state index >= 15 is 0 Å². The number of anilines is 1. The van der Waals surface area contributed by atoms with Crippen molar-refractivity contribution < 1.29 is 9.53 Å². The monoisotopic (exact) mass is 323 g/mol. The highest BCUT2D eigenvalue weighted by Gasteiger charge is 2.34. The number of carbonyl (C=O) groups excluding carboxylic acids is 1. The van der Waals surface area contributed by atoms with Gasteiger partial charge in [-0.3, -0.25) is 9.69 Å². The minimum atomic E-state index is -0.329. The molecule has 3 heteroatoms. The molecular weight excluding hydrogens is 298 g/mol. The van der Waals surface area contributed by atoms with E-state index in [1.165, 1.54) is 24.0 Å². The lowest BCUT2D eigenvalue weighted by Gasteiger charge is -2.24. The van der Waals surface area contributed by atoms with E-state index < -0.39 is 0 Å². The maximum Gasteiger partial charge on any atom is 0.255 e. The second-order valence-corrected chi connectivity index (χ2v) is 6.29. The van der Waals surface area contributed by atoms with Gasteiger partial charge in [0.05, 0.1) is 0 Å². The first-order chi connectivity index (χ1) is 11.7. The largest absolute Gasteiger partial charge is 0.344 e. The summed E-state index contributed by atoms with van der Waals surface area (Å²) in [7, 11) is 0. The lowest BCUT2D eigenvalue weighted by molar-refractivity contribution is -0.117. The molecule has 0 bridgehead atoms. The Hall–Kier alpha value is -2.13. The molecule has 3 rings (SSSR count). The molecule has 1 aliphatic rings. The van der Waals surface area contributed by atoms with Gasteiger partial charge in [-0.1, -0.05) is 56.7 Å². The lowest BCUT2D eigenvalue weighted by Crippen LogP contribution is -2.28. The fraction of sp³-hybridized carbons (Fsp3) is 0.381. The molecule has 0 radical (unpaired) electrons. The summed E-state index contributed by atoms with van der Waals surface area (Å²) in [4.78, 5) is 14.1. The molecule has 1 fully saturated rings. The van der Waals surface area contributed by atoms with Crippen LogP contribution in [0.4, 0.5) is 5.69 Å². The molecule has 0 aromatic heterocycles. The normalized spacial score (nSPS) is 17.5. The van der Waals surface area contributed by atoms with Crippen molar-refractivity contribution in [2.24, 2.45) is 0 Å². The van der Waals surface area contributed by atoms with E-state index in [1.807, 2.05) is 12.1 Å². The number of aryl methyl sites for hydroxylation is 2. The molecular formula is C21H25NO2. The van der Waals surface area contributed by atoms with Crippen molar-refractivity contribution in [2.75, 3.05) is 11.5 Å². The minimum Gasteiger partial charge on any atom is -0.344 e. The van der Waals surface area contributed by atoms with Gasteiger partial charge in [0.25, 0.3) is 5.91 Å². The molecule has 0 aliphatic carbocycles. The number of hydrogen-bond acceptors (Lipinski definition) is 2. The van der Waals surface area contributed by atoms with E-state index in [0.717, 1.165) is 24.1 Å². The lowest BCUT2D eigenvalue weighted by atomic mass is 10.1. The van der Waals surface area contributed by atoms with Crippen molar-refractivity contribution in [3.05, 3.63) is 65.2 Å². The van der Waals surface area contributed by atoms with Gasteiger partial charge < -0.3 is 4.74 Å². The molecule has 0 spiro atoms. The van der Waals surface area contributed by atoms with Gasteiger partial charge in [0.2, 0.25) is 0 Å². The first-order valence-electron chi connectivity index (χ1n) is 8.84. The zero-order valence-electron chi connectivity index (χ0n) is 14.5. The Morgan fingerprint density at radius 2 is 1.67 bits per heavy atom. The highest BCUT2D eigenvalue weighted by Crippen LogP contribution is 2.33. The van der Waals surface area contributed by atoms with Gasteiger partial charge >= 0.3 is 0 Å². The van der Waals surface area contributed by atoms with Crippen molar-refractivity contribution in [3.8, 4) is 0 Å². The van der Waals surface area contributed by atoms with E-state index in [0.29, 0.717) is 0 Å². The van der Waals surface area contributed by atoms with Crippen LogP contribution in [0.5, 0.6) is 0 Å². The van der Waals surface area contributed by atoms with E-state index in [4.69, 9.17) is 4.74 Å². The van der Waals surface area contributed by atoms with Gasteiger partial charge in [-0.25, -0.2) is 0 Å². The molecule has 1 unspecified atom stereocenters. The van der Waals surface area contributed by atoms with Crippen LogP contribution in [0.25, 0.3) is 0 Å². The fourth-order valence-electron chi connectivity index (χ4n) is 3.07. The molecule has 0 N–H and O–H groups in total. The van der Waals surface area contributed by atoms with E-state index in [-0.39, 0.29) is 18.7 Å². The molecule has 1 saturated heterocycles. The standard InChI is InChI=1S/C21H25NO2/c1-3-5-6-17-9-13-19(14-10-17)22-20(23)15-24-21(22)18-11-7-16(4-2)8-12-18/h7-14,21H,3-6,15H2,1-2H3. The third kappa shape index (κ3) is 3.51. The second kappa shape index (κ2) is 7.63. The predicted octanol–water partition coefficient (Wildman–Crippen LogP) is 4.65. The van der Waals surface area contributed by atoms with Crippen molar-refractivity contribution in [1.29, 1.82) is 0 Å². The summed E-state index contributed by atoms with van der Waals surface area (Å²) in [5, 5.41) is 0. The molecule has 2 aromatic rings. The average molecular weight is 323 g/mol. The Balaban J connectivity index is 1.82. The van der Waals surface area contributed by atoms with E-state index in [9.17, 15) is 4.79 Å². The summed E-state index contributed by atoms with van der Waals surface area (Å²) in [5.74, 6) is 0.0147. The highest BCUT2D eigenvalue weighted by atomic mass is 16.5. The number of hydrogen-bond donors (Lipinski definition) is 0. The molecule has 1 atom stereocenters. The van der Waals surface area contributed by atoms with Crippen molar-refractivity contribution in [3.63, 3.8) is 0 Å². The maximum absolute atomic E-state index is 12.3. The molecule has 0 saturated carbocycles. The quantitative estimate of drug-likeness (QED) is 0.774. The van der Waals surface area contributed by atoms with Crippen LogP contribution in [0.2, 0.25) is 0 Å². The van der Waals surface area contributed by atoms with Gasteiger partial charge in [0, 0.05) is 11.3 Å². The van der Waals surface area contributed by atoms with Crippen molar-refractivity contribution >= 4 is 11.6 Å². The van der Waals surface area contributed by atoms with Gasteiger partial charge in [-0.2, -0.15) is 0 Å². The number of benzene rings is 2. The summed E-state index contributed by atoms with van der Waals surface area (Å²) in [6.45, 7) is 4.47. The number of unbranched alkanes of at least 4 members (excludes halogenated alkanes) is 1.